The summed E-state index contributed by atoms with van der Waals surface area (Å²) in [6, 6.07) is 1.28. The van der Waals surface area contributed by atoms with Gasteiger partial charge in [0.25, 0.3) is 17.6 Å². The Labute approximate surface area is 352 Å². The summed E-state index contributed by atoms with van der Waals surface area (Å²) in [5, 5.41) is 48.6. The summed E-state index contributed by atoms with van der Waals surface area (Å²) < 4.78 is 29.8. The van der Waals surface area contributed by atoms with E-state index in [0.717, 1.165) is 12.8 Å². The van der Waals surface area contributed by atoms with E-state index in [2.05, 4.69) is 5.32 Å². The molecule has 5 bridgehead atoms. The molecule has 3 heterocycles. The van der Waals surface area contributed by atoms with E-state index in [-0.39, 0.29) is 50.6 Å². The van der Waals surface area contributed by atoms with E-state index < -0.39 is 89.6 Å². The molecule has 330 valence electrons. The number of fused-ring (bicyclic) bond motifs is 14. The molecule has 15 nitrogen and oxygen atoms in total. The van der Waals surface area contributed by atoms with Gasteiger partial charge in [-0.2, -0.15) is 0 Å². The van der Waals surface area contributed by atoms with Crippen molar-refractivity contribution < 1.29 is 63.3 Å². The number of aromatic hydroxyl groups is 2. The standard InChI is InChI=1S/C45H62N2O13/c1-12-14-19-47(13-2)33(49)22-57-32-21-30-40(53)35-34(32)36-42(28(8)39(35)52)60-45(10,43(36)54)58-20-18-31(56-11)25(5)41(59-29(9)48)27(7)38(51)26(6)37(50)23(3)16-15-17-24(4)44(55)46-30/h15-18,20-21,23,25-27,31,37-38,41,50-53H,12-14,19,22H2,1-11H3,(H,46,55)/b16-15+,20-18+,24-17-. The maximum atomic E-state index is 14.5. The van der Waals surface area contributed by atoms with Crippen LogP contribution in [-0.4, -0.2) is 106 Å². The Morgan fingerprint density at radius 1 is 0.967 bits per heavy atom. The zero-order valence-electron chi connectivity index (χ0n) is 36.5. The van der Waals surface area contributed by atoms with Crippen molar-refractivity contribution in [2.24, 2.45) is 23.7 Å². The van der Waals surface area contributed by atoms with Gasteiger partial charge in [-0.1, -0.05) is 59.3 Å². The van der Waals surface area contributed by atoms with Crippen LogP contribution in [0.2, 0.25) is 0 Å². The molecule has 2 aromatic rings. The normalized spacial score (nSPS) is 29.5. The Kier molecular flexibility index (Phi) is 15.8. The topological polar surface area (TPSA) is 211 Å². The molecule has 2 amide bonds. The van der Waals surface area contributed by atoms with Crippen LogP contribution < -0.4 is 14.8 Å². The average molecular weight is 839 g/mol. The van der Waals surface area contributed by atoms with Gasteiger partial charge in [-0.25, -0.2) is 0 Å². The van der Waals surface area contributed by atoms with E-state index in [0.29, 0.717) is 13.1 Å². The van der Waals surface area contributed by atoms with Crippen LogP contribution in [0.5, 0.6) is 23.0 Å². The van der Waals surface area contributed by atoms with Gasteiger partial charge < -0.3 is 54.3 Å². The van der Waals surface area contributed by atoms with E-state index in [4.69, 9.17) is 23.7 Å². The number of nitrogens with one attached hydrogen (secondary N) is 1. The molecule has 15 heteroatoms. The third kappa shape index (κ3) is 9.90. The second-order valence-corrected chi connectivity index (χ2v) is 16.0. The molecule has 0 aromatic heterocycles. The highest BCUT2D eigenvalue weighted by atomic mass is 16.7. The van der Waals surface area contributed by atoms with Crippen molar-refractivity contribution in [1.82, 2.24) is 4.90 Å². The molecule has 0 saturated heterocycles. The Morgan fingerprint density at radius 3 is 2.27 bits per heavy atom. The first kappa shape index (κ1) is 47.6. The number of methoxy groups -OCH3 is 1. The number of amides is 2. The SMILES string of the molecule is CCCCN(CC)C(=O)COc1cc2c(O)c3c(O)c(C)c4c(c13)C(=O)C(C)(O/C=C/C(OC)C(C)C(OC(C)=O)C(C)C(O)C(C)C(O)C(C)/C=C/C=C(/C)C(=O)N2)O4. The highest BCUT2D eigenvalue weighted by Gasteiger charge is 2.49. The monoisotopic (exact) mass is 838 g/mol. The summed E-state index contributed by atoms with van der Waals surface area (Å²) in [6.45, 7) is 16.9. The number of phenolic OH excluding ortho intramolecular Hbond substituents is 2. The number of ether oxygens (including phenoxy) is 5. The van der Waals surface area contributed by atoms with Crippen molar-refractivity contribution in [2.75, 3.05) is 32.1 Å². The number of esters is 1. The number of allylic oxidation sites excluding steroid dienone is 2. The van der Waals surface area contributed by atoms with Gasteiger partial charge in [0.2, 0.25) is 0 Å². The van der Waals surface area contributed by atoms with Crippen LogP contribution in [0, 0.1) is 30.6 Å². The second-order valence-electron chi connectivity index (χ2n) is 16.0. The number of hydrogen-bond acceptors (Lipinski definition) is 13. The second kappa shape index (κ2) is 20.0. The maximum absolute atomic E-state index is 14.5. The molecule has 9 unspecified atom stereocenters. The van der Waals surface area contributed by atoms with Crippen LogP contribution >= 0.6 is 0 Å². The van der Waals surface area contributed by atoms with Crippen molar-refractivity contribution in [2.45, 2.75) is 112 Å². The van der Waals surface area contributed by atoms with Gasteiger partial charge in [-0.3, -0.25) is 19.2 Å². The van der Waals surface area contributed by atoms with Crippen molar-refractivity contribution in [1.29, 1.82) is 0 Å². The number of benzene rings is 2. The molecule has 3 aliphatic rings. The van der Waals surface area contributed by atoms with Gasteiger partial charge in [0.15, 0.2) is 12.4 Å². The number of ketones is 1. The molecule has 0 saturated carbocycles. The fourth-order valence-corrected chi connectivity index (χ4v) is 7.79. The van der Waals surface area contributed by atoms with E-state index in [9.17, 15) is 39.6 Å². The zero-order valence-corrected chi connectivity index (χ0v) is 36.5. The van der Waals surface area contributed by atoms with Crippen LogP contribution in [0.15, 0.2) is 42.2 Å². The number of hydrogen-bond donors (Lipinski definition) is 5. The molecule has 5 rings (SSSR count). The van der Waals surface area contributed by atoms with Gasteiger partial charge in [0.1, 0.15) is 23.4 Å². The lowest BCUT2D eigenvalue weighted by atomic mass is 9.78. The highest BCUT2D eigenvalue weighted by molar-refractivity contribution is 6.21. The van der Waals surface area contributed by atoms with Crippen molar-refractivity contribution in [3.63, 3.8) is 0 Å². The Morgan fingerprint density at radius 2 is 1.65 bits per heavy atom. The lowest BCUT2D eigenvalue weighted by Gasteiger charge is -2.38. The van der Waals surface area contributed by atoms with E-state index in [1.807, 2.05) is 13.8 Å². The van der Waals surface area contributed by atoms with E-state index in [1.54, 1.807) is 44.7 Å². The number of phenols is 2. The highest BCUT2D eigenvalue weighted by Crippen LogP contribution is 2.54. The van der Waals surface area contributed by atoms with Gasteiger partial charge in [0, 0.05) is 80.3 Å². The molecule has 5 N–H and O–H groups in total. The molecule has 3 aliphatic heterocycles. The summed E-state index contributed by atoms with van der Waals surface area (Å²) >= 11 is 0. The zero-order chi connectivity index (χ0) is 44.8. The minimum absolute atomic E-state index is 0.0533. The van der Waals surface area contributed by atoms with Crippen LogP contribution in [0.3, 0.4) is 0 Å². The van der Waals surface area contributed by atoms with Crippen LogP contribution in [-0.2, 0) is 28.6 Å². The number of unbranched alkanes of at least 4 members (excludes halogenated alkanes) is 1. The Bertz CT molecular complexity index is 2030. The molecule has 0 fully saturated rings. The third-order valence-corrected chi connectivity index (χ3v) is 11.7. The van der Waals surface area contributed by atoms with Crippen molar-refractivity contribution in [3.8, 4) is 23.0 Å². The minimum Gasteiger partial charge on any atom is -0.507 e. The fraction of sp³-hybridized carbons (Fsp3) is 0.556. The average Bonchev–Trinajstić information content (AvgIpc) is 3.48. The fourth-order valence-electron chi connectivity index (χ4n) is 7.79. The summed E-state index contributed by atoms with van der Waals surface area (Å²) in [5.41, 5.74) is 0.00765. The molecule has 0 spiro atoms. The molecular formula is C45H62N2O13. The number of aliphatic hydroxyl groups is 2. The third-order valence-electron chi connectivity index (χ3n) is 11.7. The maximum Gasteiger partial charge on any atom is 0.312 e. The summed E-state index contributed by atoms with van der Waals surface area (Å²) in [7, 11) is 1.44. The first-order chi connectivity index (χ1) is 28.2. The minimum atomic E-state index is -2.02. The van der Waals surface area contributed by atoms with Crippen LogP contribution in [0.25, 0.3) is 10.8 Å². The van der Waals surface area contributed by atoms with Crippen LogP contribution in [0.1, 0.15) is 91.1 Å². The molecular weight excluding hydrogens is 776 g/mol. The largest absolute Gasteiger partial charge is 0.507 e. The van der Waals surface area contributed by atoms with Crippen molar-refractivity contribution in [3.05, 3.63) is 53.3 Å². The summed E-state index contributed by atoms with van der Waals surface area (Å²) in [6.07, 6.45) is 5.26. The number of likely N-dealkylation sites (N-methyl/N-ethyl adjacent to an activating group) is 1. The predicted molar refractivity (Wildman–Crippen MR) is 225 cm³/mol. The van der Waals surface area contributed by atoms with Gasteiger partial charge in [-0.15, -0.1) is 0 Å². The number of nitrogens with zero attached hydrogens (tertiary/aromatic N) is 1. The van der Waals surface area contributed by atoms with Gasteiger partial charge >= 0.3 is 11.8 Å². The first-order valence-electron chi connectivity index (χ1n) is 20.5. The quantitative estimate of drug-likeness (QED) is 0.144. The number of rotatable bonds is 9. The molecule has 0 radical (unpaired) electrons. The first-order valence-corrected chi connectivity index (χ1v) is 20.5. The molecule has 0 aliphatic carbocycles. The lowest BCUT2D eigenvalue weighted by Crippen LogP contribution is -2.46. The van der Waals surface area contributed by atoms with E-state index in [1.165, 1.54) is 59.3 Å². The molecule has 60 heavy (non-hydrogen) atoms. The summed E-state index contributed by atoms with van der Waals surface area (Å²) in [4.78, 5) is 55.4. The van der Waals surface area contributed by atoms with Gasteiger partial charge in [-0.05, 0) is 33.3 Å². The Balaban J connectivity index is 1.93. The lowest BCUT2D eigenvalue weighted by molar-refractivity contribution is -0.160. The number of carbonyl (C=O) groups excluding carboxylic acids is 4. The van der Waals surface area contributed by atoms with E-state index >= 15 is 0 Å². The van der Waals surface area contributed by atoms with Crippen molar-refractivity contribution >= 4 is 40.0 Å². The smallest absolute Gasteiger partial charge is 0.312 e. The number of aliphatic hydroxyl groups excluding tert-OH is 2. The number of anilines is 1. The van der Waals surface area contributed by atoms with Crippen LogP contribution in [0.4, 0.5) is 5.69 Å². The molecule has 2 aromatic carbocycles. The number of carbonyl (C=O) groups is 4. The Hall–Kier alpha value is -5.12. The summed E-state index contributed by atoms with van der Waals surface area (Å²) in [5.74, 6) is -7.96. The molecule has 9 atom stereocenters. The van der Waals surface area contributed by atoms with Gasteiger partial charge in [0.05, 0.1) is 41.2 Å². The predicted octanol–water partition coefficient (Wildman–Crippen LogP) is 6.08. The number of Topliss-reactive ketones (excluding diaryl/α,β-unsaturated/α-hetero) is 1.